The first-order valence-electron chi connectivity index (χ1n) is 4.52. The average Bonchev–Trinajstić information content (AvgIpc) is 2.03. The SMILES string of the molecule is CC(C)c1nnnc(C(C)C)c1N. The lowest BCUT2D eigenvalue weighted by Gasteiger charge is -2.11. The summed E-state index contributed by atoms with van der Waals surface area (Å²) in [4.78, 5) is 0. The van der Waals surface area contributed by atoms with Gasteiger partial charge in [-0.05, 0) is 17.0 Å². The normalized spacial score (nSPS) is 11.2. The van der Waals surface area contributed by atoms with Crippen molar-refractivity contribution in [3.05, 3.63) is 11.4 Å². The van der Waals surface area contributed by atoms with Crippen LogP contribution in [0.25, 0.3) is 0 Å². The Kier molecular flexibility index (Phi) is 2.80. The molecule has 0 radical (unpaired) electrons. The van der Waals surface area contributed by atoms with E-state index in [-0.39, 0.29) is 0 Å². The Bertz CT molecular complexity index is 267. The molecule has 0 atom stereocenters. The fourth-order valence-electron chi connectivity index (χ4n) is 1.21. The van der Waals surface area contributed by atoms with Crippen LogP contribution in [0.1, 0.15) is 50.9 Å². The van der Waals surface area contributed by atoms with Crippen molar-refractivity contribution in [1.82, 2.24) is 15.4 Å². The van der Waals surface area contributed by atoms with E-state index in [0.29, 0.717) is 17.5 Å². The Morgan fingerprint density at radius 3 is 1.62 bits per heavy atom. The number of aromatic nitrogens is 3. The van der Waals surface area contributed by atoms with Crippen LogP contribution in [-0.2, 0) is 0 Å². The van der Waals surface area contributed by atoms with Gasteiger partial charge in [0.1, 0.15) is 0 Å². The van der Waals surface area contributed by atoms with E-state index in [9.17, 15) is 0 Å². The smallest absolute Gasteiger partial charge is 0.0922 e. The molecule has 0 fully saturated rings. The number of hydrogen-bond acceptors (Lipinski definition) is 4. The highest BCUT2D eigenvalue weighted by Crippen LogP contribution is 2.24. The van der Waals surface area contributed by atoms with E-state index in [1.54, 1.807) is 0 Å². The third-order valence-corrected chi connectivity index (χ3v) is 1.95. The van der Waals surface area contributed by atoms with Crippen molar-refractivity contribution < 1.29 is 0 Å². The molecule has 72 valence electrons. The first-order chi connectivity index (χ1) is 6.04. The van der Waals surface area contributed by atoms with Gasteiger partial charge < -0.3 is 5.73 Å². The summed E-state index contributed by atoms with van der Waals surface area (Å²) in [6.45, 7) is 8.18. The van der Waals surface area contributed by atoms with Gasteiger partial charge in [-0.3, -0.25) is 0 Å². The molecular weight excluding hydrogens is 164 g/mol. The standard InChI is InChI=1S/C9H16N4/c1-5(2)8-7(10)9(6(3)4)12-13-11-8/h5-6H,1-4H3,(H2,10,13). The highest BCUT2D eigenvalue weighted by Gasteiger charge is 2.14. The molecule has 4 heteroatoms. The second-order valence-electron chi connectivity index (χ2n) is 3.78. The molecular formula is C9H16N4. The van der Waals surface area contributed by atoms with E-state index >= 15 is 0 Å². The molecule has 0 aliphatic rings. The van der Waals surface area contributed by atoms with Crippen molar-refractivity contribution >= 4 is 5.69 Å². The highest BCUT2D eigenvalue weighted by atomic mass is 15.3. The van der Waals surface area contributed by atoms with E-state index in [1.165, 1.54) is 0 Å². The van der Waals surface area contributed by atoms with Gasteiger partial charge in [-0.1, -0.05) is 27.7 Å². The van der Waals surface area contributed by atoms with Gasteiger partial charge in [0.2, 0.25) is 0 Å². The summed E-state index contributed by atoms with van der Waals surface area (Å²) >= 11 is 0. The summed E-state index contributed by atoms with van der Waals surface area (Å²) in [6, 6.07) is 0. The summed E-state index contributed by atoms with van der Waals surface area (Å²) in [5.41, 5.74) is 8.31. The van der Waals surface area contributed by atoms with Crippen LogP contribution in [0.3, 0.4) is 0 Å². The van der Waals surface area contributed by atoms with Crippen LogP contribution in [0.4, 0.5) is 5.69 Å². The first-order valence-corrected chi connectivity index (χ1v) is 4.52. The van der Waals surface area contributed by atoms with Gasteiger partial charge >= 0.3 is 0 Å². The van der Waals surface area contributed by atoms with Crippen LogP contribution >= 0.6 is 0 Å². The van der Waals surface area contributed by atoms with Crippen molar-refractivity contribution in [2.75, 3.05) is 5.73 Å². The van der Waals surface area contributed by atoms with Gasteiger partial charge in [0.05, 0.1) is 17.1 Å². The van der Waals surface area contributed by atoms with Crippen molar-refractivity contribution in [2.45, 2.75) is 39.5 Å². The average molecular weight is 180 g/mol. The summed E-state index contributed by atoms with van der Waals surface area (Å²) in [7, 11) is 0. The van der Waals surface area contributed by atoms with E-state index < -0.39 is 0 Å². The predicted molar refractivity (Wildman–Crippen MR) is 52.4 cm³/mol. The fraction of sp³-hybridized carbons (Fsp3) is 0.667. The maximum absolute atomic E-state index is 5.92. The lowest BCUT2D eigenvalue weighted by Crippen LogP contribution is -2.09. The molecule has 4 nitrogen and oxygen atoms in total. The van der Waals surface area contributed by atoms with E-state index in [4.69, 9.17) is 5.73 Å². The molecule has 1 rings (SSSR count). The molecule has 2 N–H and O–H groups in total. The van der Waals surface area contributed by atoms with Gasteiger partial charge in [-0.15, -0.1) is 10.2 Å². The maximum Gasteiger partial charge on any atom is 0.0922 e. The molecule has 0 saturated heterocycles. The Morgan fingerprint density at radius 2 is 1.31 bits per heavy atom. The molecule has 0 saturated carbocycles. The highest BCUT2D eigenvalue weighted by molar-refractivity contribution is 5.48. The predicted octanol–water partition coefficient (Wildman–Crippen LogP) is 1.70. The van der Waals surface area contributed by atoms with Crippen molar-refractivity contribution in [2.24, 2.45) is 0 Å². The lowest BCUT2D eigenvalue weighted by molar-refractivity contribution is 0.697. The van der Waals surface area contributed by atoms with Gasteiger partial charge in [0.25, 0.3) is 0 Å². The number of nitrogens with two attached hydrogens (primary N) is 1. The number of nitrogens with zero attached hydrogens (tertiary/aromatic N) is 3. The fourth-order valence-corrected chi connectivity index (χ4v) is 1.21. The minimum absolute atomic E-state index is 0.299. The van der Waals surface area contributed by atoms with Crippen LogP contribution in [-0.4, -0.2) is 15.4 Å². The summed E-state index contributed by atoms with van der Waals surface area (Å²) in [5.74, 6) is 0.598. The molecule has 1 heterocycles. The van der Waals surface area contributed by atoms with Crippen LogP contribution in [0.15, 0.2) is 0 Å². The third-order valence-electron chi connectivity index (χ3n) is 1.95. The Labute approximate surface area is 78.6 Å². The van der Waals surface area contributed by atoms with Crippen molar-refractivity contribution in [3.63, 3.8) is 0 Å². The molecule has 0 aliphatic heterocycles. The summed E-state index contributed by atoms with van der Waals surface area (Å²) < 4.78 is 0. The minimum atomic E-state index is 0.299. The number of nitrogen functional groups attached to an aromatic ring is 1. The molecule has 1 aromatic rings. The maximum atomic E-state index is 5.92. The van der Waals surface area contributed by atoms with Crippen LogP contribution in [0.5, 0.6) is 0 Å². The summed E-state index contributed by atoms with van der Waals surface area (Å²) in [5, 5.41) is 11.6. The third kappa shape index (κ3) is 1.94. The molecule has 0 amide bonds. The van der Waals surface area contributed by atoms with Crippen LogP contribution in [0.2, 0.25) is 0 Å². The molecule has 0 aliphatic carbocycles. The van der Waals surface area contributed by atoms with Crippen LogP contribution < -0.4 is 5.73 Å². The Balaban J connectivity index is 3.18. The quantitative estimate of drug-likeness (QED) is 0.752. The first kappa shape index (κ1) is 9.89. The monoisotopic (exact) mass is 180 g/mol. The van der Waals surface area contributed by atoms with Crippen molar-refractivity contribution in [1.29, 1.82) is 0 Å². The van der Waals surface area contributed by atoms with Gasteiger partial charge in [-0.25, -0.2) is 0 Å². The van der Waals surface area contributed by atoms with E-state index in [1.807, 2.05) is 27.7 Å². The largest absolute Gasteiger partial charge is 0.396 e. The Hall–Kier alpha value is -1.19. The zero-order chi connectivity index (χ0) is 10.0. The number of rotatable bonds is 2. The minimum Gasteiger partial charge on any atom is -0.396 e. The second kappa shape index (κ2) is 3.68. The van der Waals surface area contributed by atoms with Crippen LogP contribution in [0, 0.1) is 0 Å². The van der Waals surface area contributed by atoms with E-state index in [2.05, 4.69) is 15.4 Å². The topological polar surface area (TPSA) is 64.7 Å². The van der Waals surface area contributed by atoms with E-state index in [0.717, 1.165) is 11.4 Å². The lowest BCUT2D eigenvalue weighted by atomic mass is 10.0. The molecule has 13 heavy (non-hydrogen) atoms. The zero-order valence-corrected chi connectivity index (χ0v) is 8.57. The van der Waals surface area contributed by atoms with Gasteiger partial charge in [0.15, 0.2) is 0 Å². The van der Waals surface area contributed by atoms with Gasteiger partial charge in [0, 0.05) is 0 Å². The Morgan fingerprint density at radius 1 is 0.923 bits per heavy atom. The molecule has 0 aromatic carbocycles. The molecule has 0 spiro atoms. The second-order valence-corrected chi connectivity index (χ2v) is 3.78. The van der Waals surface area contributed by atoms with Crippen molar-refractivity contribution in [3.8, 4) is 0 Å². The number of hydrogen-bond donors (Lipinski definition) is 1. The molecule has 0 bridgehead atoms. The molecule has 1 aromatic heterocycles. The number of anilines is 1. The molecule has 0 unspecified atom stereocenters. The summed E-state index contributed by atoms with van der Waals surface area (Å²) in [6.07, 6.45) is 0. The van der Waals surface area contributed by atoms with Gasteiger partial charge in [-0.2, -0.15) is 0 Å². The zero-order valence-electron chi connectivity index (χ0n) is 8.57.